The van der Waals surface area contributed by atoms with Crippen LogP contribution in [0.1, 0.15) is 20.3 Å². The zero-order valence-electron chi connectivity index (χ0n) is 16.7. The molecule has 0 saturated carbocycles. The fourth-order valence-corrected chi connectivity index (χ4v) is 3.72. The van der Waals surface area contributed by atoms with Gasteiger partial charge in [0.15, 0.2) is 0 Å². The van der Waals surface area contributed by atoms with E-state index in [0.29, 0.717) is 31.0 Å². The van der Waals surface area contributed by atoms with Crippen molar-refractivity contribution in [2.45, 2.75) is 32.5 Å². The van der Waals surface area contributed by atoms with Crippen LogP contribution < -0.4 is 15.5 Å². The Morgan fingerprint density at radius 1 is 1.21 bits per heavy atom. The summed E-state index contributed by atoms with van der Waals surface area (Å²) in [5.41, 5.74) is 0.986. The molecule has 0 aromatic heterocycles. The van der Waals surface area contributed by atoms with Crippen LogP contribution in [0.4, 0.5) is 20.6 Å². The van der Waals surface area contributed by atoms with Gasteiger partial charge in [-0.3, -0.25) is 4.90 Å². The molecule has 0 spiro atoms. The Kier molecular flexibility index (Phi) is 7.47. The third kappa shape index (κ3) is 6.05. The standard InChI is InChI=1S/C20H31FN4O3/c1-15-13-25(14-16(2)28-15)19-5-4-17(12-18(19)21)23-20(26)22-6-3-7-24-8-10-27-11-9-24/h4-5,12,15-16H,3,6-11,13-14H2,1-2H3,(H2,22,23,26). The Morgan fingerprint density at radius 2 is 1.93 bits per heavy atom. The molecule has 2 atom stereocenters. The topological polar surface area (TPSA) is 66.1 Å². The van der Waals surface area contributed by atoms with Crippen LogP contribution in [-0.2, 0) is 9.47 Å². The lowest BCUT2D eigenvalue weighted by Crippen LogP contribution is -2.45. The molecular formula is C20H31FN4O3. The van der Waals surface area contributed by atoms with Gasteiger partial charge in [-0.25, -0.2) is 9.18 Å². The molecule has 2 heterocycles. The molecule has 1 aromatic rings. The van der Waals surface area contributed by atoms with E-state index >= 15 is 0 Å². The van der Waals surface area contributed by atoms with Gasteiger partial charge in [0.05, 0.1) is 31.1 Å². The second-order valence-electron chi connectivity index (χ2n) is 7.52. The van der Waals surface area contributed by atoms with Gasteiger partial charge in [0.25, 0.3) is 0 Å². The van der Waals surface area contributed by atoms with Crippen molar-refractivity contribution in [2.24, 2.45) is 0 Å². The Hall–Kier alpha value is -1.90. The molecule has 2 fully saturated rings. The molecule has 3 rings (SSSR count). The van der Waals surface area contributed by atoms with Gasteiger partial charge in [-0.05, 0) is 45.0 Å². The summed E-state index contributed by atoms with van der Waals surface area (Å²) in [6.07, 6.45) is 0.988. The fraction of sp³-hybridized carbons (Fsp3) is 0.650. The van der Waals surface area contributed by atoms with Gasteiger partial charge < -0.3 is 25.0 Å². The van der Waals surface area contributed by atoms with E-state index < -0.39 is 0 Å². The van der Waals surface area contributed by atoms with Gasteiger partial charge in [-0.15, -0.1) is 0 Å². The first kappa shape index (κ1) is 20.8. The highest BCUT2D eigenvalue weighted by Crippen LogP contribution is 2.26. The van der Waals surface area contributed by atoms with Gasteiger partial charge in [-0.2, -0.15) is 0 Å². The maximum absolute atomic E-state index is 14.6. The highest BCUT2D eigenvalue weighted by Gasteiger charge is 2.24. The summed E-state index contributed by atoms with van der Waals surface area (Å²) in [7, 11) is 0. The first-order valence-corrected chi connectivity index (χ1v) is 10.1. The fourth-order valence-electron chi connectivity index (χ4n) is 3.72. The first-order chi connectivity index (χ1) is 13.5. The number of carbonyl (C=O) groups is 1. The second kappa shape index (κ2) is 10.0. The van der Waals surface area contributed by atoms with E-state index in [2.05, 4.69) is 15.5 Å². The minimum absolute atomic E-state index is 0.0594. The molecule has 2 N–H and O–H groups in total. The largest absolute Gasteiger partial charge is 0.379 e. The number of carbonyl (C=O) groups excluding carboxylic acids is 1. The van der Waals surface area contributed by atoms with E-state index in [4.69, 9.17) is 9.47 Å². The molecular weight excluding hydrogens is 363 g/mol. The maximum atomic E-state index is 14.6. The average molecular weight is 394 g/mol. The minimum Gasteiger partial charge on any atom is -0.379 e. The SMILES string of the molecule is CC1CN(c2ccc(NC(=O)NCCCN3CCOCC3)cc2F)CC(C)O1. The van der Waals surface area contributed by atoms with Crippen molar-refractivity contribution in [1.29, 1.82) is 0 Å². The van der Waals surface area contributed by atoms with Gasteiger partial charge in [0.1, 0.15) is 5.82 Å². The number of benzene rings is 1. The molecule has 156 valence electrons. The Bertz CT molecular complexity index is 644. The quantitative estimate of drug-likeness (QED) is 0.725. The van der Waals surface area contributed by atoms with Crippen molar-refractivity contribution < 1.29 is 18.7 Å². The monoisotopic (exact) mass is 394 g/mol. The number of morpholine rings is 2. The molecule has 8 heteroatoms. The van der Waals surface area contributed by atoms with Crippen molar-refractivity contribution in [3.05, 3.63) is 24.0 Å². The van der Waals surface area contributed by atoms with Crippen molar-refractivity contribution >= 4 is 17.4 Å². The van der Waals surface area contributed by atoms with Crippen molar-refractivity contribution in [2.75, 3.05) is 62.7 Å². The Morgan fingerprint density at radius 3 is 2.61 bits per heavy atom. The highest BCUT2D eigenvalue weighted by atomic mass is 19.1. The molecule has 2 saturated heterocycles. The predicted molar refractivity (Wildman–Crippen MR) is 108 cm³/mol. The number of amides is 2. The normalized spacial score (nSPS) is 23.5. The van der Waals surface area contributed by atoms with Crippen molar-refractivity contribution in [3.63, 3.8) is 0 Å². The summed E-state index contributed by atoms with van der Waals surface area (Å²) in [6, 6.07) is 4.50. The average Bonchev–Trinajstić information content (AvgIpc) is 2.65. The van der Waals surface area contributed by atoms with Gasteiger partial charge in [-0.1, -0.05) is 0 Å². The summed E-state index contributed by atoms with van der Waals surface area (Å²) in [5, 5.41) is 5.52. The van der Waals surface area contributed by atoms with Gasteiger partial charge >= 0.3 is 6.03 Å². The lowest BCUT2D eigenvalue weighted by atomic mass is 10.2. The number of hydrogen-bond donors (Lipinski definition) is 2. The molecule has 2 aliphatic rings. The van der Waals surface area contributed by atoms with E-state index in [1.807, 2.05) is 18.7 Å². The van der Waals surface area contributed by atoms with Gasteiger partial charge in [0, 0.05) is 38.4 Å². The van der Waals surface area contributed by atoms with Crippen LogP contribution in [0, 0.1) is 5.82 Å². The molecule has 28 heavy (non-hydrogen) atoms. The number of hydrogen-bond acceptors (Lipinski definition) is 5. The second-order valence-corrected chi connectivity index (χ2v) is 7.52. The zero-order valence-corrected chi connectivity index (χ0v) is 16.7. The van der Waals surface area contributed by atoms with Crippen LogP contribution in [0.5, 0.6) is 0 Å². The summed E-state index contributed by atoms with van der Waals surface area (Å²) in [6.45, 7) is 10.2. The van der Waals surface area contributed by atoms with Crippen molar-refractivity contribution in [1.82, 2.24) is 10.2 Å². The summed E-state index contributed by atoms with van der Waals surface area (Å²) < 4.78 is 25.6. The molecule has 2 unspecified atom stereocenters. The molecule has 2 aliphatic heterocycles. The van der Waals surface area contributed by atoms with E-state index in [-0.39, 0.29) is 24.1 Å². The smallest absolute Gasteiger partial charge is 0.319 e. The number of halogens is 1. The molecule has 0 aliphatic carbocycles. The maximum Gasteiger partial charge on any atom is 0.319 e. The Labute approximate surface area is 166 Å². The lowest BCUT2D eigenvalue weighted by molar-refractivity contribution is -0.00539. The molecule has 1 aromatic carbocycles. The number of rotatable bonds is 6. The van der Waals surface area contributed by atoms with E-state index in [1.165, 1.54) is 6.07 Å². The lowest BCUT2D eigenvalue weighted by Gasteiger charge is -2.37. The first-order valence-electron chi connectivity index (χ1n) is 10.1. The number of nitrogens with one attached hydrogen (secondary N) is 2. The summed E-state index contributed by atoms with van der Waals surface area (Å²) in [5.74, 6) is -0.341. The zero-order chi connectivity index (χ0) is 19.9. The van der Waals surface area contributed by atoms with Crippen LogP contribution in [-0.4, -0.2) is 75.6 Å². The summed E-state index contributed by atoms with van der Waals surface area (Å²) >= 11 is 0. The molecule has 0 radical (unpaired) electrons. The Balaban J connectivity index is 1.43. The number of nitrogens with zero attached hydrogens (tertiary/aromatic N) is 2. The van der Waals surface area contributed by atoms with Gasteiger partial charge in [0.2, 0.25) is 0 Å². The molecule has 0 bridgehead atoms. The number of urea groups is 1. The summed E-state index contributed by atoms with van der Waals surface area (Å²) in [4.78, 5) is 16.4. The van der Waals surface area contributed by atoms with E-state index in [1.54, 1.807) is 12.1 Å². The third-order valence-corrected chi connectivity index (χ3v) is 5.01. The number of anilines is 2. The predicted octanol–water partition coefficient (Wildman–Crippen LogP) is 2.28. The minimum atomic E-state index is -0.341. The van der Waals surface area contributed by atoms with Crippen LogP contribution in [0.3, 0.4) is 0 Å². The van der Waals surface area contributed by atoms with Crippen LogP contribution in [0.15, 0.2) is 18.2 Å². The van der Waals surface area contributed by atoms with Crippen LogP contribution in [0.2, 0.25) is 0 Å². The third-order valence-electron chi connectivity index (χ3n) is 5.01. The molecule has 2 amide bonds. The van der Waals surface area contributed by atoms with E-state index in [0.717, 1.165) is 39.3 Å². The van der Waals surface area contributed by atoms with Crippen LogP contribution >= 0.6 is 0 Å². The number of ether oxygens (including phenoxy) is 2. The highest BCUT2D eigenvalue weighted by molar-refractivity contribution is 5.89. The van der Waals surface area contributed by atoms with Crippen LogP contribution in [0.25, 0.3) is 0 Å². The molecule has 7 nitrogen and oxygen atoms in total. The van der Waals surface area contributed by atoms with Crippen molar-refractivity contribution in [3.8, 4) is 0 Å². The van der Waals surface area contributed by atoms with E-state index in [9.17, 15) is 9.18 Å².